The van der Waals surface area contributed by atoms with Crippen molar-refractivity contribution in [3.05, 3.63) is 71.8 Å². The van der Waals surface area contributed by atoms with Crippen molar-refractivity contribution in [2.75, 3.05) is 0 Å². The third-order valence-electron chi connectivity index (χ3n) is 4.46. The zero-order chi connectivity index (χ0) is 23.5. The van der Waals surface area contributed by atoms with Crippen molar-refractivity contribution < 1.29 is 34.1 Å². The van der Waals surface area contributed by atoms with Gasteiger partial charge < -0.3 is 26.0 Å². The zero-order valence-corrected chi connectivity index (χ0v) is 17.1. The van der Waals surface area contributed by atoms with E-state index in [2.05, 4.69) is 5.32 Å². The summed E-state index contributed by atoms with van der Waals surface area (Å²) in [6, 6.07) is 14.9. The molecule has 170 valence electrons. The van der Waals surface area contributed by atoms with E-state index in [1.54, 1.807) is 60.7 Å². The van der Waals surface area contributed by atoms with Gasteiger partial charge in [0.2, 0.25) is 11.8 Å². The van der Waals surface area contributed by atoms with Crippen molar-refractivity contribution in [2.24, 2.45) is 5.73 Å². The number of carbonyl (C=O) groups excluding carboxylic acids is 3. The van der Waals surface area contributed by atoms with E-state index in [4.69, 9.17) is 15.6 Å². The van der Waals surface area contributed by atoms with Crippen molar-refractivity contribution >= 4 is 23.9 Å². The lowest BCUT2D eigenvalue weighted by Gasteiger charge is -2.23. The van der Waals surface area contributed by atoms with E-state index in [0.29, 0.717) is 5.56 Å². The predicted molar refractivity (Wildman–Crippen MR) is 113 cm³/mol. The topological polar surface area (TPSA) is 168 Å². The number of alkyl carbamates (subject to hydrolysis) is 1. The molecule has 0 saturated carbocycles. The minimum absolute atomic E-state index is 0.0325. The summed E-state index contributed by atoms with van der Waals surface area (Å²) in [5, 5.41) is 23.4. The van der Waals surface area contributed by atoms with E-state index in [0.717, 1.165) is 5.56 Å². The number of nitrogens with one attached hydrogen (secondary N) is 2. The first-order valence-corrected chi connectivity index (χ1v) is 9.77. The molecule has 2 aromatic carbocycles. The van der Waals surface area contributed by atoms with Crippen molar-refractivity contribution in [3.63, 3.8) is 0 Å². The summed E-state index contributed by atoms with van der Waals surface area (Å²) in [6.45, 7) is -0.0409. The number of aliphatic hydroxyl groups is 1. The molecular formula is C22H25N3O7. The molecule has 32 heavy (non-hydrogen) atoms. The molecule has 3 amide bonds. The quantitative estimate of drug-likeness (QED) is 0.350. The van der Waals surface area contributed by atoms with Gasteiger partial charge in [0.1, 0.15) is 6.61 Å². The second kappa shape index (κ2) is 12.2. The molecule has 0 aliphatic rings. The lowest BCUT2D eigenvalue weighted by Crippen LogP contribution is -2.53. The number of carboxylic acids is 1. The molecule has 0 fully saturated rings. The maximum Gasteiger partial charge on any atom is 0.414 e. The maximum absolute atomic E-state index is 12.4. The smallest absolute Gasteiger partial charge is 0.414 e. The van der Waals surface area contributed by atoms with Crippen LogP contribution in [0.2, 0.25) is 0 Å². The largest absolute Gasteiger partial charge is 0.479 e. The molecule has 0 unspecified atom stereocenters. The first-order chi connectivity index (χ1) is 15.3. The summed E-state index contributed by atoms with van der Waals surface area (Å²) in [5.41, 5.74) is 7.14. The molecule has 0 aromatic heterocycles. The normalized spacial score (nSPS) is 13.3. The van der Waals surface area contributed by atoms with Gasteiger partial charge in [-0.05, 0) is 17.5 Å². The Morgan fingerprint density at radius 2 is 1.50 bits per heavy atom. The Labute approximate surface area is 184 Å². The minimum Gasteiger partial charge on any atom is -0.479 e. The zero-order valence-electron chi connectivity index (χ0n) is 17.1. The number of carbonyl (C=O) groups is 4. The van der Waals surface area contributed by atoms with E-state index in [1.165, 1.54) is 0 Å². The highest BCUT2D eigenvalue weighted by Gasteiger charge is 2.30. The Hall–Kier alpha value is -3.76. The summed E-state index contributed by atoms with van der Waals surface area (Å²) in [6.07, 6.45) is -3.39. The van der Waals surface area contributed by atoms with Crippen molar-refractivity contribution in [1.29, 1.82) is 0 Å². The monoisotopic (exact) mass is 443 g/mol. The fraction of sp³-hybridized carbons (Fsp3) is 0.273. The first-order valence-electron chi connectivity index (χ1n) is 9.77. The molecule has 0 spiro atoms. The van der Waals surface area contributed by atoms with Crippen LogP contribution in [0.1, 0.15) is 17.5 Å². The fourth-order valence-electron chi connectivity index (χ4n) is 2.79. The molecular weight excluding hydrogens is 418 g/mol. The van der Waals surface area contributed by atoms with E-state index in [1.807, 2.05) is 5.32 Å². The lowest BCUT2D eigenvalue weighted by molar-refractivity contribution is -0.148. The van der Waals surface area contributed by atoms with E-state index < -0.39 is 48.5 Å². The third-order valence-corrected chi connectivity index (χ3v) is 4.46. The summed E-state index contributed by atoms with van der Waals surface area (Å²) in [4.78, 5) is 47.3. The molecule has 0 heterocycles. The van der Waals surface area contributed by atoms with Crippen molar-refractivity contribution in [2.45, 2.75) is 37.6 Å². The summed E-state index contributed by atoms with van der Waals surface area (Å²) in [5.74, 6) is -3.21. The standard InChI is InChI=1S/C22H25N3O7/c23-16(12-18(26)25-22(31)32-13-15-9-5-2-6-10-15)20(28)24-17(19(27)21(29)30)11-14-7-3-1-4-8-14/h1-10,16-17,19,27H,11-13,23H2,(H,24,28)(H,29,30)(H,25,26,31)/t16-,17-,19-/m0/s1. The highest BCUT2D eigenvalue weighted by Crippen LogP contribution is 2.08. The van der Waals surface area contributed by atoms with Crippen LogP contribution in [0.15, 0.2) is 60.7 Å². The highest BCUT2D eigenvalue weighted by molar-refractivity contribution is 5.95. The molecule has 0 radical (unpaired) electrons. The number of nitrogens with two attached hydrogens (primary N) is 1. The number of hydrogen-bond donors (Lipinski definition) is 5. The van der Waals surface area contributed by atoms with Gasteiger partial charge in [-0.15, -0.1) is 0 Å². The number of hydrogen-bond acceptors (Lipinski definition) is 7. The van der Waals surface area contributed by atoms with Gasteiger partial charge in [-0.25, -0.2) is 9.59 Å². The second-order valence-corrected chi connectivity index (χ2v) is 7.01. The van der Waals surface area contributed by atoms with Crippen LogP contribution in [0, 0.1) is 0 Å². The third kappa shape index (κ3) is 8.17. The molecule has 10 heteroatoms. The SMILES string of the molecule is N[C@@H](CC(=O)NC(=O)OCc1ccccc1)C(=O)N[C@@H](Cc1ccccc1)[C@H](O)C(=O)O. The van der Waals surface area contributed by atoms with Gasteiger partial charge >= 0.3 is 12.1 Å². The molecule has 2 aromatic rings. The number of ether oxygens (including phenoxy) is 1. The van der Waals surface area contributed by atoms with Gasteiger partial charge in [0, 0.05) is 0 Å². The predicted octanol–water partition coefficient (Wildman–Crippen LogP) is 0.330. The Morgan fingerprint density at radius 1 is 0.938 bits per heavy atom. The summed E-state index contributed by atoms with van der Waals surface area (Å²) >= 11 is 0. The van der Waals surface area contributed by atoms with Gasteiger partial charge in [-0.1, -0.05) is 60.7 Å². The molecule has 0 aliphatic heterocycles. The van der Waals surface area contributed by atoms with Crippen LogP contribution in [0.3, 0.4) is 0 Å². The first kappa shape index (κ1) is 24.5. The molecule has 0 aliphatic carbocycles. The maximum atomic E-state index is 12.4. The van der Waals surface area contributed by atoms with E-state index in [-0.39, 0.29) is 13.0 Å². The van der Waals surface area contributed by atoms with Crippen molar-refractivity contribution in [1.82, 2.24) is 10.6 Å². The number of benzene rings is 2. The molecule has 0 bridgehead atoms. The minimum atomic E-state index is -1.88. The molecule has 2 rings (SSSR count). The van der Waals surface area contributed by atoms with E-state index in [9.17, 15) is 24.3 Å². The lowest BCUT2D eigenvalue weighted by atomic mass is 10.0. The number of aliphatic carboxylic acids is 1. The molecule has 0 saturated heterocycles. The van der Waals surface area contributed by atoms with Crippen molar-refractivity contribution in [3.8, 4) is 0 Å². The van der Waals surface area contributed by atoms with Crippen LogP contribution in [-0.4, -0.2) is 52.3 Å². The van der Waals surface area contributed by atoms with Gasteiger partial charge in [-0.2, -0.15) is 0 Å². The Bertz CT molecular complexity index is 922. The number of imide groups is 1. The molecule has 10 nitrogen and oxygen atoms in total. The Morgan fingerprint density at radius 3 is 2.06 bits per heavy atom. The van der Waals surface area contributed by atoms with Gasteiger partial charge in [0.05, 0.1) is 18.5 Å². The van der Waals surface area contributed by atoms with Crippen LogP contribution in [0.25, 0.3) is 0 Å². The molecule has 3 atom stereocenters. The van der Waals surface area contributed by atoms with Gasteiger partial charge in [0.15, 0.2) is 6.10 Å². The fourth-order valence-corrected chi connectivity index (χ4v) is 2.79. The number of amides is 3. The summed E-state index contributed by atoms with van der Waals surface area (Å²) < 4.78 is 4.92. The van der Waals surface area contributed by atoms with Crippen LogP contribution < -0.4 is 16.4 Å². The van der Waals surface area contributed by atoms with Crippen LogP contribution in [0.5, 0.6) is 0 Å². The summed E-state index contributed by atoms with van der Waals surface area (Å²) in [7, 11) is 0. The Kier molecular flexibility index (Phi) is 9.33. The number of rotatable bonds is 10. The van der Waals surface area contributed by atoms with Gasteiger partial charge in [0.25, 0.3) is 0 Å². The Balaban J connectivity index is 1.86. The van der Waals surface area contributed by atoms with E-state index >= 15 is 0 Å². The number of carboxylic acid groups (broad SMARTS) is 1. The van der Waals surface area contributed by atoms with Crippen LogP contribution in [0.4, 0.5) is 4.79 Å². The average molecular weight is 443 g/mol. The second-order valence-electron chi connectivity index (χ2n) is 7.01. The van der Waals surface area contributed by atoms with Crippen LogP contribution in [-0.2, 0) is 32.1 Å². The molecule has 6 N–H and O–H groups in total. The van der Waals surface area contributed by atoms with Gasteiger partial charge in [-0.3, -0.25) is 14.9 Å². The highest BCUT2D eigenvalue weighted by atomic mass is 16.5. The number of aliphatic hydroxyl groups excluding tert-OH is 1. The average Bonchev–Trinajstić information content (AvgIpc) is 2.77. The van der Waals surface area contributed by atoms with Crippen LogP contribution >= 0.6 is 0 Å².